The molecule has 6 nitrogen and oxygen atoms in total. The van der Waals surface area contributed by atoms with Crippen molar-refractivity contribution in [1.82, 2.24) is 4.90 Å². The summed E-state index contributed by atoms with van der Waals surface area (Å²) in [5.41, 5.74) is 3.42. The molecule has 0 bridgehead atoms. The molecule has 3 rings (SSSR count). The van der Waals surface area contributed by atoms with Crippen LogP contribution in [0.3, 0.4) is 0 Å². The van der Waals surface area contributed by atoms with E-state index in [1.807, 2.05) is 18.2 Å². The number of carbonyl (C=O) groups excluding carboxylic acids is 1. The van der Waals surface area contributed by atoms with E-state index in [1.54, 1.807) is 0 Å². The van der Waals surface area contributed by atoms with E-state index in [-0.39, 0.29) is 24.6 Å². The van der Waals surface area contributed by atoms with Crippen molar-refractivity contribution in [3.05, 3.63) is 34.9 Å². The van der Waals surface area contributed by atoms with Gasteiger partial charge < -0.3 is 10.0 Å². The Morgan fingerprint density at radius 3 is 2.70 bits per heavy atom. The normalized spacial score (nSPS) is 22.6. The number of hydrogen-bond donors (Lipinski definition) is 1. The molecule has 7 heteroatoms. The maximum atomic E-state index is 12.5. The van der Waals surface area contributed by atoms with Crippen molar-refractivity contribution in [1.29, 1.82) is 0 Å². The molecule has 1 N–H and O–H groups in total. The lowest BCUT2D eigenvalue weighted by Crippen LogP contribution is -2.55. The summed E-state index contributed by atoms with van der Waals surface area (Å²) in [5, 5.41) is 9.22. The number of benzene rings is 1. The standard InChI is InChI=1S/C16H19NO5S/c18-15(9-11-4-5-12-2-1-3-13(12)8-11)17-6-7-23(21,22)10-14(17)16(19)20/h4-5,8,14H,1-3,6-7,9-10H2,(H,19,20). The monoisotopic (exact) mass is 337 g/mol. The number of carbonyl (C=O) groups is 2. The second-order valence-corrected chi connectivity index (χ2v) is 8.42. The first-order chi connectivity index (χ1) is 10.9. The average Bonchev–Trinajstić information content (AvgIpc) is 2.93. The van der Waals surface area contributed by atoms with Gasteiger partial charge in [0.05, 0.1) is 17.9 Å². The predicted octanol–water partition coefficient (Wildman–Crippen LogP) is 0.428. The highest BCUT2D eigenvalue weighted by atomic mass is 32.2. The van der Waals surface area contributed by atoms with Gasteiger partial charge in [-0.2, -0.15) is 0 Å². The molecule has 124 valence electrons. The second kappa shape index (κ2) is 5.96. The fourth-order valence-electron chi connectivity index (χ4n) is 3.32. The highest BCUT2D eigenvalue weighted by molar-refractivity contribution is 7.91. The number of aryl methyl sites for hydroxylation is 2. The summed E-state index contributed by atoms with van der Waals surface area (Å²) in [4.78, 5) is 25.0. The first kappa shape index (κ1) is 16.0. The van der Waals surface area contributed by atoms with Crippen LogP contribution in [0.5, 0.6) is 0 Å². The molecular weight excluding hydrogens is 318 g/mol. The van der Waals surface area contributed by atoms with E-state index in [1.165, 1.54) is 16.0 Å². The van der Waals surface area contributed by atoms with Crippen molar-refractivity contribution in [3.8, 4) is 0 Å². The number of rotatable bonds is 3. The minimum atomic E-state index is -3.40. The topological polar surface area (TPSA) is 91.8 Å². The van der Waals surface area contributed by atoms with Gasteiger partial charge in [-0.05, 0) is 36.0 Å². The van der Waals surface area contributed by atoms with Gasteiger partial charge in [-0.15, -0.1) is 0 Å². The average molecular weight is 337 g/mol. The molecule has 1 aliphatic heterocycles. The number of nitrogens with zero attached hydrogens (tertiary/aromatic N) is 1. The molecule has 1 aromatic rings. The van der Waals surface area contributed by atoms with Gasteiger partial charge in [0.15, 0.2) is 9.84 Å². The maximum Gasteiger partial charge on any atom is 0.327 e. The van der Waals surface area contributed by atoms with Crippen LogP contribution in [-0.4, -0.2) is 54.4 Å². The zero-order chi connectivity index (χ0) is 16.6. The Morgan fingerprint density at radius 2 is 1.96 bits per heavy atom. The van der Waals surface area contributed by atoms with Crippen LogP contribution in [0.1, 0.15) is 23.1 Å². The van der Waals surface area contributed by atoms with Crippen LogP contribution in [0.4, 0.5) is 0 Å². The Balaban J connectivity index is 1.75. The molecule has 1 heterocycles. The first-order valence-corrected chi connectivity index (χ1v) is 9.51. The van der Waals surface area contributed by atoms with E-state index in [4.69, 9.17) is 0 Å². The minimum absolute atomic E-state index is 0.0525. The van der Waals surface area contributed by atoms with Gasteiger partial charge in [-0.3, -0.25) is 4.79 Å². The van der Waals surface area contributed by atoms with Crippen molar-refractivity contribution in [3.63, 3.8) is 0 Å². The lowest BCUT2D eigenvalue weighted by Gasteiger charge is -2.32. The van der Waals surface area contributed by atoms with E-state index in [2.05, 4.69) is 0 Å². The summed E-state index contributed by atoms with van der Waals surface area (Å²) < 4.78 is 23.2. The van der Waals surface area contributed by atoms with Crippen LogP contribution in [0.2, 0.25) is 0 Å². The van der Waals surface area contributed by atoms with Crippen LogP contribution in [0.15, 0.2) is 18.2 Å². The quantitative estimate of drug-likeness (QED) is 0.863. The van der Waals surface area contributed by atoms with Gasteiger partial charge in [0.2, 0.25) is 5.91 Å². The van der Waals surface area contributed by atoms with Crippen molar-refractivity contribution in [2.75, 3.05) is 18.1 Å². The number of aliphatic carboxylic acids is 1. The van der Waals surface area contributed by atoms with Gasteiger partial charge in [0.1, 0.15) is 6.04 Å². The number of hydrogen-bond acceptors (Lipinski definition) is 4. The molecule has 1 atom stereocenters. The van der Waals surface area contributed by atoms with Gasteiger partial charge >= 0.3 is 5.97 Å². The summed E-state index contributed by atoms with van der Waals surface area (Å²) >= 11 is 0. The molecule has 1 aromatic carbocycles. The zero-order valence-corrected chi connectivity index (χ0v) is 13.5. The van der Waals surface area contributed by atoms with E-state index in [0.717, 1.165) is 24.8 Å². The van der Waals surface area contributed by atoms with Gasteiger partial charge in [0.25, 0.3) is 0 Å². The second-order valence-electron chi connectivity index (χ2n) is 6.19. The van der Waals surface area contributed by atoms with Gasteiger partial charge in [-0.25, -0.2) is 13.2 Å². The highest BCUT2D eigenvalue weighted by Crippen LogP contribution is 2.23. The van der Waals surface area contributed by atoms with Crippen LogP contribution < -0.4 is 0 Å². The molecule has 1 unspecified atom stereocenters. The zero-order valence-electron chi connectivity index (χ0n) is 12.7. The molecule has 0 spiro atoms. The Morgan fingerprint density at radius 1 is 1.22 bits per heavy atom. The Bertz CT molecular complexity index is 756. The summed E-state index contributed by atoms with van der Waals surface area (Å²) in [6, 6.07) is 4.66. The molecule has 2 aliphatic rings. The van der Waals surface area contributed by atoms with Gasteiger partial charge in [-0.1, -0.05) is 18.2 Å². The van der Waals surface area contributed by atoms with Crippen molar-refractivity contribution >= 4 is 21.7 Å². The Hall–Kier alpha value is -1.89. The van der Waals surface area contributed by atoms with Crippen LogP contribution >= 0.6 is 0 Å². The molecular formula is C16H19NO5S. The summed E-state index contributed by atoms with van der Waals surface area (Å²) in [6.45, 7) is -0.0525. The molecule has 0 aromatic heterocycles. The molecule has 0 radical (unpaired) electrons. The molecule has 0 saturated carbocycles. The lowest BCUT2D eigenvalue weighted by molar-refractivity contribution is -0.149. The largest absolute Gasteiger partial charge is 0.480 e. The third-order valence-electron chi connectivity index (χ3n) is 4.55. The lowest BCUT2D eigenvalue weighted by atomic mass is 10.0. The van der Waals surface area contributed by atoms with Crippen molar-refractivity contribution < 1.29 is 23.1 Å². The third kappa shape index (κ3) is 3.39. The Labute approximate surface area is 135 Å². The third-order valence-corrected chi connectivity index (χ3v) is 6.18. The van der Waals surface area contributed by atoms with E-state index >= 15 is 0 Å². The summed E-state index contributed by atoms with van der Waals surface area (Å²) in [6.07, 6.45) is 3.31. The Kier molecular flexibility index (Phi) is 4.14. The van der Waals surface area contributed by atoms with E-state index in [0.29, 0.717) is 0 Å². The fraction of sp³-hybridized carbons (Fsp3) is 0.500. The van der Waals surface area contributed by atoms with Crippen molar-refractivity contribution in [2.24, 2.45) is 0 Å². The SMILES string of the molecule is O=C(O)C1CS(=O)(=O)CCN1C(=O)Cc1ccc2c(c1)CCC2. The highest BCUT2D eigenvalue weighted by Gasteiger charge is 2.38. The number of sulfone groups is 1. The van der Waals surface area contributed by atoms with Gasteiger partial charge in [0, 0.05) is 6.54 Å². The minimum Gasteiger partial charge on any atom is -0.480 e. The van der Waals surface area contributed by atoms with E-state index in [9.17, 15) is 23.1 Å². The molecule has 1 amide bonds. The number of amides is 1. The van der Waals surface area contributed by atoms with Crippen LogP contribution in [0.25, 0.3) is 0 Å². The predicted molar refractivity (Wildman–Crippen MR) is 84.0 cm³/mol. The summed E-state index contributed by atoms with van der Waals surface area (Å²) in [7, 11) is -3.40. The fourth-order valence-corrected chi connectivity index (χ4v) is 4.77. The maximum absolute atomic E-state index is 12.5. The smallest absolute Gasteiger partial charge is 0.327 e. The number of carboxylic acids is 1. The summed E-state index contributed by atoms with van der Waals surface area (Å²) in [5.74, 6) is -2.27. The number of fused-ring (bicyclic) bond motifs is 1. The molecule has 1 saturated heterocycles. The molecule has 23 heavy (non-hydrogen) atoms. The molecule has 1 fully saturated rings. The van der Waals surface area contributed by atoms with Crippen LogP contribution in [-0.2, 0) is 38.7 Å². The number of carboxylic acid groups (broad SMARTS) is 1. The van der Waals surface area contributed by atoms with E-state index < -0.39 is 27.6 Å². The van der Waals surface area contributed by atoms with Crippen LogP contribution in [0, 0.1) is 0 Å². The van der Waals surface area contributed by atoms with Crippen molar-refractivity contribution in [2.45, 2.75) is 31.7 Å². The molecule has 1 aliphatic carbocycles. The first-order valence-electron chi connectivity index (χ1n) is 7.69.